The van der Waals surface area contributed by atoms with Crippen LogP contribution in [0.15, 0.2) is 70.7 Å². The van der Waals surface area contributed by atoms with Gasteiger partial charge in [0, 0.05) is 28.1 Å². The van der Waals surface area contributed by atoms with Crippen molar-refractivity contribution >= 4 is 17.0 Å². The van der Waals surface area contributed by atoms with Crippen molar-refractivity contribution in [3.8, 4) is 38.9 Å². The Kier molecular flexibility index (Phi) is 4.43. The lowest BCUT2D eigenvalue weighted by Crippen LogP contribution is -1.94. The summed E-state index contributed by atoms with van der Waals surface area (Å²) in [4.78, 5) is 15.4. The van der Waals surface area contributed by atoms with E-state index in [4.69, 9.17) is 9.15 Å². The summed E-state index contributed by atoms with van der Waals surface area (Å²) in [7, 11) is 1.41. The molecule has 27 heavy (non-hydrogen) atoms. The number of hydrogen-bond donors (Lipinski definition) is 0. The summed E-state index contributed by atoms with van der Waals surface area (Å²) in [6.07, 6.45) is 1.64. The van der Waals surface area contributed by atoms with E-state index in [-0.39, 0.29) is 11.4 Å². The Balaban J connectivity index is 1.69. The molecule has 0 radical (unpaired) electrons. The van der Waals surface area contributed by atoms with Gasteiger partial charge in [-0.05, 0) is 30.3 Å². The van der Waals surface area contributed by atoms with Crippen LogP contribution in [0.25, 0.3) is 33.2 Å². The van der Waals surface area contributed by atoms with Crippen LogP contribution in [0.1, 0.15) is 0 Å². The van der Waals surface area contributed by atoms with Crippen LogP contribution in [0.3, 0.4) is 0 Å². The van der Waals surface area contributed by atoms with E-state index in [0.717, 1.165) is 21.9 Å². The van der Waals surface area contributed by atoms with Gasteiger partial charge < -0.3 is 9.15 Å². The van der Waals surface area contributed by atoms with Gasteiger partial charge >= 0.3 is 5.69 Å². The number of ether oxygens (including phenoxy) is 1. The summed E-state index contributed by atoms with van der Waals surface area (Å²) in [5.74, 6) is 1.02. The third-order valence-corrected chi connectivity index (χ3v) is 4.98. The molecule has 4 rings (SSSR count). The van der Waals surface area contributed by atoms with E-state index in [9.17, 15) is 10.1 Å². The molecule has 7 heteroatoms. The Bertz CT molecular complexity index is 1100. The third kappa shape index (κ3) is 3.32. The van der Waals surface area contributed by atoms with E-state index in [1.54, 1.807) is 18.4 Å². The van der Waals surface area contributed by atoms with Crippen LogP contribution in [0.2, 0.25) is 0 Å². The van der Waals surface area contributed by atoms with Crippen molar-refractivity contribution in [2.45, 2.75) is 0 Å². The minimum absolute atomic E-state index is 0.0793. The Morgan fingerprint density at radius 3 is 2.67 bits per heavy atom. The van der Waals surface area contributed by atoms with Gasteiger partial charge in [0.25, 0.3) is 0 Å². The smallest absolute Gasteiger partial charge is 0.311 e. The van der Waals surface area contributed by atoms with Crippen molar-refractivity contribution in [2.24, 2.45) is 0 Å². The SMILES string of the molecule is COc1ccc(-c2csc(-c3cccc(-c4ccco4)c3)n2)cc1[N+](=O)[O-]. The average molecular weight is 378 g/mol. The van der Waals surface area contributed by atoms with Crippen LogP contribution in [0.4, 0.5) is 5.69 Å². The summed E-state index contributed by atoms with van der Waals surface area (Å²) in [6, 6.07) is 16.5. The van der Waals surface area contributed by atoms with Crippen LogP contribution in [0.5, 0.6) is 5.75 Å². The van der Waals surface area contributed by atoms with Gasteiger partial charge in [0.2, 0.25) is 0 Å². The van der Waals surface area contributed by atoms with E-state index in [1.165, 1.54) is 24.5 Å². The van der Waals surface area contributed by atoms with E-state index < -0.39 is 4.92 Å². The topological polar surface area (TPSA) is 78.4 Å². The molecule has 0 amide bonds. The summed E-state index contributed by atoms with van der Waals surface area (Å²) < 4.78 is 10.5. The van der Waals surface area contributed by atoms with Gasteiger partial charge in [-0.3, -0.25) is 10.1 Å². The molecule has 2 aromatic heterocycles. The molecule has 0 aliphatic heterocycles. The quantitative estimate of drug-likeness (QED) is 0.331. The molecule has 134 valence electrons. The molecular weight excluding hydrogens is 364 g/mol. The number of methoxy groups -OCH3 is 1. The van der Waals surface area contributed by atoms with Crippen LogP contribution in [0, 0.1) is 10.1 Å². The summed E-state index contributed by atoms with van der Waals surface area (Å²) in [6.45, 7) is 0. The zero-order valence-electron chi connectivity index (χ0n) is 14.3. The highest BCUT2D eigenvalue weighted by atomic mass is 32.1. The molecule has 0 bridgehead atoms. The second kappa shape index (κ2) is 7.05. The fourth-order valence-corrected chi connectivity index (χ4v) is 3.61. The number of nitro benzene ring substituents is 1. The third-order valence-electron chi connectivity index (χ3n) is 4.09. The number of benzene rings is 2. The monoisotopic (exact) mass is 378 g/mol. The summed E-state index contributed by atoms with van der Waals surface area (Å²) in [5, 5.41) is 14.0. The van der Waals surface area contributed by atoms with Gasteiger partial charge in [0.05, 0.1) is 24.0 Å². The van der Waals surface area contributed by atoms with Crippen LogP contribution in [-0.4, -0.2) is 17.0 Å². The molecule has 4 aromatic rings. The van der Waals surface area contributed by atoms with Gasteiger partial charge in [0.1, 0.15) is 10.8 Å². The fourth-order valence-electron chi connectivity index (χ4n) is 2.78. The van der Waals surface area contributed by atoms with Gasteiger partial charge in [0.15, 0.2) is 5.75 Å². The first-order chi connectivity index (χ1) is 13.2. The van der Waals surface area contributed by atoms with Crippen LogP contribution < -0.4 is 4.74 Å². The zero-order chi connectivity index (χ0) is 18.8. The highest BCUT2D eigenvalue weighted by Crippen LogP contribution is 2.35. The molecule has 0 saturated carbocycles. The second-order valence-corrected chi connectivity index (χ2v) is 6.60. The Hall–Kier alpha value is -3.45. The van der Waals surface area contributed by atoms with Crippen molar-refractivity contribution in [3.63, 3.8) is 0 Å². The average Bonchev–Trinajstić information content (AvgIpc) is 3.39. The number of rotatable bonds is 5. The number of thiazole rings is 1. The summed E-state index contributed by atoms with van der Waals surface area (Å²) >= 11 is 1.48. The molecule has 0 unspecified atom stereocenters. The van der Waals surface area contributed by atoms with Gasteiger partial charge in [-0.2, -0.15) is 0 Å². The van der Waals surface area contributed by atoms with Gasteiger partial charge in [-0.25, -0.2) is 4.98 Å². The van der Waals surface area contributed by atoms with E-state index in [1.807, 2.05) is 41.8 Å². The highest BCUT2D eigenvalue weighted by molar-refractivity contribution is 7.13. The first-order valence-corrected chi connectivity index (χ1v) is 8.96. The molecule has 0 saturated heterocycles. The second-order valence-electron chi connectivity index (χ2n) is 5.74. The first kappa shape index (κ1) is 17.0. The maximum absolute atomic E-state index is 11.2. The van der Waals surface area contributed by atoms with E-state index in [0.29, 0.717) is 11.3 Å². The Labute approximate surface area is 158 Å². The highest BCUT2D eigenvalue weighted by Gasteiger charge is 2.17. The van der Waals surface area contributed by atoms with E-state index in [2.05, 4.69) is 4.98 Å². The lowest BCUT2D eigenvalue weighted by atomic mass is 10.1. The van der Waals surface area contributed by atoms with Crippen molar-refractivity contribution < 1.29 is 14.1 Å². The number of nitrogens with zero attached hydrogens (tertiary/aromatic N) is 2. The van der Waals surface area contributed by atoms with Crippen molar-refractivity contribution in [1.29, 1.82) is 0 Å². The van der Waals surface area contributed by atoms with Crippen molar-refractivity contribution in [3.05, 3.63) is 76.4 Å². The van der Waals surface area contributed by atoms with Gasteiger partial charge in [-0.15, -0.1) is 11.3 Å². The molecule has 0 N–H and O–H groups in total. The molecule has 2 aromatic carbocycles. The van der Waals surface area contributed by atoms with Crippen LogP contribution >= 0.6 is 11.3 Å². The fraction of sp³-hybridized carbons (Fsp3) is 0.0500. The minimum atomic E-state index is -0.456. The molecule has 0 aliphatic rings. The Morgan fingerprint density at radius 2 is 1.93 bits per heavy atom. The van der Waals surface area contributed by atoms with E-state index >= 15 is 0 Å². The zero-order valence-corrected chi connectivity index (χ0v) is 15.1. The predicted molar refractivity (Wildman–Crippen MR) is 104 cm³/mol. The number of aromatic nitrogens is 1. The first-order valence-electron chi connectivity index (χ1n) is 8.08. The molecule has 0 aliphatic carbocycles. The summed E-state index contributed by atoms with van der Waals surface area (Å²) in [5.41, 5.74) is 3.21. The number of nitro groups is 1. The lowest BCUT2D eigenvalue weighted by molar-refractivity contribution is -0.385. The Morgan fingerprint density at radius 1 is 1.07 bits per heavy atom. The maximum atomic E-state index is 11.2. The molecule has 0 atom stereocenters. The number of hydrogen-bond acceptors (Lipinski definition) is 6. The van der Waals surface area contributed by atoms with Crippen molar-refractivity contribution in [2.75, 3.05) is 7.11 Å². The largest absolute Gasteiger partial charge is 0.490 e. The molecule has 0 spiro atoms. The van der Waals surface area contributed by atoms with Gasteiger partial charge in [-0.1, -0.05) is 18.2 Å². The minimum Gasteiger partial charge on any atom is -0.490 e. The standard InChI is InChI=1S/C20H14N2O4S/c1-25-19-8-7-13(11-17(19)22(23)24)16-12-27-20(21-16)15-5-2-4-14(10-15)18-6-3-9-26-18/h2-12H,1H3. The van der Waals surface area contributed by atoms with Crippen LogP contribution in [-0.2, 0) is 0 Å². The predicted octanol–water partition coefficient (Wildman–Crippen LogP) is 5.65. The molecule has 2 heterocycles. The number of furan rings is 1. The maximum Gasteiger partial charge on any atom is 0.311 e. The molecular formula is C20H14N2O4S. The van der Waals surface area contributed by atoms with Crippen molar-refractivity contribution in [1.82, 2.24) is 4.98 Å². The molecule has 6 nitrogen and oxygen atoms in total. The molecule has 0 fully saturated rings. The lowest BCUT2D eigenvalue weighted by Gasteiger charge is -2.03. The normalized spacial score (nSPS) is 10.7.